The van der Waals surface area contributed by atoms with Crippen molar-refractivity contribution in [3.63, 3.8) is 0 Å². The molecule has 0 N–H and O–H groups in total. The summed E-state index contributed by atoms with van der Waals surface area (Å²) < 4.78 is 11.0. The second kappa shape index (κ2) is 9.48. The van der Waals surface area contributed by atoms with Crippen LogP contribution in [0.2, 0.25) is 0 Å². The molecule has 4 heteroatoms. The second-order valence-corrected chi connectivity index (χ2v) is 7.81. The quantitative estimate of drug-likeness (QED) is 0.400. The van der Waals surface area contributed by atoms with E-state index in [1.54, 1.807) is 0 Å². The zero-order chi connectivity index (χ0) is 20.4. The molecule has 4 rings (SSSR count). The first-order valence-corrected chi connectivity index (χ1v) is 10.3. The summed E-state index contributed by atoms with van der Waals surface area (Å²) in [6.45, 7) is 10.2. The van der Waals surface area contributed by atoms with E-state index in [0.717, 1.165) is 24.4 Å². The zero-order valence-corrected chi connectivity index (χ0v) is 19.7. The number of fused-ring (bicyclic) bond motifs is 1. The molecular formula is C26H29BrN2O. The Morgan fingerprint density at radius 2 is 1.57 bits per heavy atom. The van der Waals surface area contributed by atoms with Gasteiger partial charge in [0, 0.05) is 13.3 Å². The van der Waals surface area contributed by atoms with Gasteiger partial charge in [-0.3, -0.25) is 0 Å². The molecule has 2 aromatic heterocycles. The maximum absolute atomic E-state index is 6.30. The molecule has 0 unspecified atom stereocenters. The van der Waals surface area contributed by atoms with Crippen molar-refractivity contribution >= 4 is 5.65 Å². The van der Waals surface area contributed by atoms with E-state index < -0.39 is 0 Å². The summed E-state index contributed by atoms with van der Waals surface area (Å²) in [5.74, 6) is 0.920. The zero-order valence-electron chi connectivity index (χ0n) is 18.2. The van der Waals surface area contributed by atoms with Crippen LogP contribution < -0.4 is 26.3 Å². The molecule has 0 atom stereocenters. The molecule has 0 aliphatic carbocycles. The lowest BCUT2D eigenvalue weighted by atomic mass is 10.1. The number of nitrogens with zero attached hydrogens (tertiary/aromatic N) is 2. The van der Waals surface area contributed by atoms with Gasteiger partial charge in [-0.05, 0) is 37.1 Å². The average molecular weight is 465 g/mol. The van der Waals surface area contributed by atoms with Crippen LogP contribution in [-0.4, -0.2) is 4.40 Å². The first-order valence-electron chi connectivity index (χ1n) is 10.3. The lowest BCUT2D eigenvalue weighted by Crippen LogP contribution is -3.00. The fourth-order valence-corrected chi connectivity index (χ4v) is 4.28. The van der Waals surface area contributed by atoms with E-state index in [1.165, 1.54) is 33.6 Å². The number of aryl methyl sites for hydroxylation is 3. The lowest BCUT2D eigenvalue weighted by Gasteiger charge is -2.09. The van der Waals surface area contributed by atoms with Crippen molar-refractivity contribution in [2.75, 3.05) is 0 Å². The van der Waals surface area contributed by atoms with E-state index in [4.69, 9.17) is 4.74 Å². The average Bonchev–Trinajstić information content (AvgIpc) is 2.98. The summed E-state index contributed by atoms with van der Waals surface area (Å²) >= 11 is 0. The molecule has 0 radical (unpaired) electrons. The van der Waals surface area contributed by atoms with Crippen LogP contribution in [0, 0.1) is 20.8 Å². The highest BCUT2D eigenvalue weighted by molar-refractivity contribution is 5.51. The predicted molar refractivity (Wildman–Crippen MR) is 117 cm³/mol. The molecule has 0 amide bonds. The van der Waals surface area contributed by atoms with Gasteiger partial charge in [0.2, 0.25) is 5.75 Å². The molecule has 0 fully saturated rings. The fourth-order valence-electron chi connectivity index (χ4n) is 4.28. The maximum Gasteiger partial charge on any atom is 0.329 e. The molecule has 30 heavy (non-hydrogen) atoms. The molecule has 2 aromatic carbocycles. The minimum Gasteiger partial charge on any atom is -1.00 e. The van der Waals surface area contributed by atoms with Gasteiger partial charge in [-0.1, -0.05) is 66.6 Å². The van der Waals surface area contributed by atoms with Crippen LogP contribution in [0.4, 0.5) is 0 Å². The van der Waals surface area contributed by atoms with Crippen molar-refractivity contribution in [3.05, 3.63) is 101 Å². The van der Waals surface area contributed by atoms with Crippen LogP contribution in [0.5, 0.6) is 5.75 Å². The monoisotopic (exact) mass is 464 g/mol. The van der Waals surface area contributed by atoms with Gasteiger partial charge < -0.3 is 21.7 Å². The topological polar surface area (TPSA) is 17.5 Å². The largest absolute Gasteiger partial charge is 1.00 e. The third kappa shape index (κ3) is 4.44. The number of hydrogen-bond donors (Lipinski definition) is 0. The van der Waals surface area contributed by atoms with Crippen LogP contribution >= 0.6 is 0 Å². The van der Waals surface area contributed by atoms with Crippen LogP contribution in [0.3, 0.4) is 0 Å². The van der Waals surface area contributed by atoms with Crippen molar-refractivity contribution in [1.82, 2.24) is 4.40 Å². The van der Waals surface area contributed by atoms with Crippen molar-refractivity contribution < 1.29 is 26.3 Å². The van der Waals surface area contributed by atoms with E-state index in [0.29, 0.717) is 6.61 Å². The molecule has 4 aromatic rings. The number of imidazole rings is 1. The minimum atomic E-state index is 0. The summed E-state index contributed by atoms with van der Waals surface area (Å²) in [6, 6.07) is 21.3. The molecule has 0 aliphatic rings. The van der Waals surface area contributed by atoms with Crippen LogP contribution in [0.15, 0.2) is 66.9 Å². The predicted octanol–water partition coefficient (Wildman–Crippen LogP) is 2.35. The summed E-state index contributed by atoms with van der Waals surface area (Å²) in [7, 11) is 0. The smallest absolute Gasteiger partial charge is 0.329 e. The highest BCUT2D eigenvalue weighted by Gasteiger charge is 2.25. The molecule has 0 saturated heterocycles. The van der Waals surface area contributed by atoms with Gasteiger partial charge in [0.1, 0.15) is 24.5 Å². The normalized spacial score (nSPS) is 10.8. The SMILES string of the molecule is CCc1c(C)n2cccc(OCc3ccccc3)c2[n+]1Cc1cc(C)cc(C)c1.[Br-]. The number of benzene rings is 2. The maximum atomic E-state index is 6.30. The van der Waals surface area contributed by atoms with Gasteiger partial charge in [-0.2, -0.15) is 4.40 Å². The standard InChI is InChI=1S/C26H29N2O.BrH/c1-5-24-21(4)27-13-9-12-25(29-18-22-10-7-6-8-11-22)26(27)28(24)17-23-15-19(2)14-20(3)16-23;/h6-16H,5,17-18H2,1-4H3;1H/q+1;/p-1. The van der Waals surface area contributed by atoms with Crippen molar-refractivity contribution in [1.29, 1.82) is 0 Å². The molecule has 0 spiro atoms. The first-order chi connectivity index (χ1) is 14.1. The summed E-state index contributed by atoms with van der Waals surface area (Å²) in [6.07, 6.45) is 3.12. The van der Waals surface area contributed by atoms with Crippen molar-refractivity contribution in [2.45, 2.75) is 47.3 Å². The second-order valence-electron chi connectivity index (χ2n) is 7.81. The third-order valence-corrected chi connectivity index (χ3v) is 5.49. The Kier molecular flexibility index (Phi) is 6.99. The summed E-state index contributed by atoms with van der Waals surface area (Å²) in [5, 5.41) is 0. The number of hydrogen-bond acceptors (Lipinski definition) is 1. The van der Waals surface area contributed by atoms with Crippen LogP contribution in [0.25, 0.3) is 5.65 Å². The van der Waals surface area contributed by atoms with E-state index in [-0.39, 0.29) is 17.0 Å². The van der Waals surface area contributed by atoms with E-state index in [2.05, 4.69) is 97.5 Å². The highest BCUT2D eigenvalue weighted by Crippen LogP contribution is 2.23. The first kappa shape index (κ1) is 22.1. The van der Waals surface area contributed by atoms with Gasteiger partial charge in [-0.25, -0.2) is 4.57 Å². The lowest BCUT2D eigenvalue weighted by molar-refractivity contribution is -0.669. The van der Waals surface area contributed by atoms with Crippen molar-refractivity contribution in [3.8, 4) is 5.75 Å². The molecule has 156 valence electrons. The van der Waals surface area contributed by atoms with Gasteiger partial charge in [0.05, 0.1) is 6.20 Å². The molecule has 3 nitrogen and oxygen atoms in total. The van der Waals surface area contributed by atoms with Gasteiger partial charge >= 0.3 is 5.65 Å². The van der Waals surface area contributed by atoms with E-state index in [1.807, 2.05) is 6.07 Å². The van der Waals surface area contributed by atoms with Gasteiger partial charge in [0.25, 0.3) is 0 Å². The van der Waals surface area contributed by atoms with E-state index in [9.17, 15) is 0 Å². The molecule has 0 bridgehead atoms. The molecular weight excluding hydrogens is 436 g/mol. The van der Waals surface area contributed by atoms with Crippen molar-refractivity contribution in [2.24, 2.45) is 0 Å². The summed E-state index contributed by atoms with van der Waals surface area (Å²) in [5.41, 5.74) is 8.86. The van der Waals surface area contributed by atoms with Gasteiger partial charge in [0.15, 0.2) is 0 Å². The number of pyridine rings is 1. The Labute approximate surface area is 189 Å². The number of aromatic nitrogens is 2. The van der Waals surface area contributed by atoms with Gasteiger partial charge in [-0.15, -0.1) is 0 Å². The molecule has 0 saturated carbocycles. The fraction of sp³-hybridized carbons (Fsp3) is 0.269. The number of halogens is 1. The Morgan fingerprint density at radius 3 is 2.23 bits per heavy atom. The van der Waals surface area contributed by atoms with Crippen LogP contribution in [-0.2, 0) is 19.6 Å². The third-order valence-electron chi connectivity index (χ3n) is 5.49. The molecule has 2 heterocycles. The molecule has 0 aliphatic heterocycles. The highest BCUT2D eigenvalue weighted by atomic mass is 79.9. The number of ether oxygens (including phenoxy) is 1. The van der Waals surface area contributed by atoms with Crippen LogP contribution in [0.1, 0.15) is 40.6 Å². The Balaban J connectivity index is 0.00000256. The van der Waals surface area contributed by atoms with E-state index >= 15 is 0 Å². The summed E-state index contributed by atoms with van der Waals surface area (Å²) in [4.78, 5) is 0. The number of rotatable bonds is 6. The Hall–Kier alpha value is -2.59. The minimum absolute atomic E-state index is 0. The Morgan fingerprint density at radius 1 is 0.867 bits per heavy atom. The Bertz CT molecular complexity index is 1130.